The van der Waals surface area contributed by atoms with Crippen molar-refractivity contribution in [2.45, 2.75) is 45.2 Å². The summed E-state index contributed by atoms with van der Waals surface area (Å²) in [5.41, 5.74) is 6.82. The molecule has 146 valence electrons. The number of hydrogen-bond donors (Lipinski definition) is 3. The number of benzene rings is 1. The van der Waals surface area contributed by atoms with E-state index in [0.717, 1.165) is 13.1 Å². The lowest BCUT2D eigenvalue weighted by molar-refractivity contribution is -0.124. The normalized spacial score (nSPS) is 21.6. The van der Waals surface area contributed by atoms with E-state index in [1.54, 1.807) is 0 Å². The molecule has 0 aromatic heterocycles. The summed E-state index contributed by atoms with van der Waals surface area (Å²) >= 11 is 0. The smallest absolute Gasteiger partial charge is 0.321 e. The van der Waals surface area contributed by atoms with Crippen LogP contribution in [0.4, 0.5) is 4.79 Å². The van der Waals surface area contributed by atoms with Crippen LogP contribution in [0.2, 0.25) is 0 Å². The lowest BCUT2D eigenvalue weighted by atomic mass is 9.89. The van der Waals surface area contributed by atoms with Gasteiger partial charge in [0, 0.05) is 24.5 Å². The third-order valence-corrected chi connectivity index (χ3v) is 4.65. The molecule has 3 atom stereocenters. The molecule has 1 aliphatic heterocycles. The fourth-order valence-electron chi connectivity index (χ4n) is 3.29. The van der Waals surface area contributed by atoms with Gasteiger partial charge in [-0.1, -0.05) is 30.3 Å². The highest BCUT2D eigenvalue weighted by atomic mass is 35.5. The first-order chi connectivity index (χ1) is 11.7. The number of carbonyl (C=O) groups is 2. The molecule has 7 heteroatoms. The minimum atomic E-state index is -0.460. The molecule has 1 saturated heterocycles. The molecular formula is C19H31ClN4O2. The van der Waals surface area contributed by atoms with E-state index in [1.165, 1.54) is 5.56 Å². The summed E-state index contributed by atoms with van der Waals surface area (Å²) in [5.74, 6) is 0.331. The Kier molecular flexibility index (Phi) is 8.06. The summed E-state index contributed by atoms with van der Waals surface area (Å²) < 4.78 is 0. The third-order valence-electron chi connectivity index (χ3n) is 4.65. The van der Waals surface area contributed by atoms with Crippen molar-refractivity contribution in [1.29, 1.82) is 0 Å². The van der Waals surface area contributed by atoms with Crippen LogP contribution >= 0.6 is 12.4 Å². The third kappa shape index (κ3) is 5.97. The van der Waals surface area contributed by atoms with Crippen LogP contribution in [0.5, 0.6) is 0 Å². The highest BCUT2D eigenvalue weighted by Crippen LogP contribution is 2.33. The average Bonchev–Trinajstić information content (AvgIpc) is 2.97. The van der Waals surface area contributed by atoms with Crippen molar-refractivity contribution in [2.24, 2.45) is 11.7 Å². The molecule has 1 fully saturated rings. The maximum absolute atomic E-state index is 12.4. The van der Waals surface area contributed by atoms with Crippen molar-refractivity contribution in [3.05, 3.63) is 35.9 Å². The Morgan fingerprint density at radius 1 is 1.23 bits per heavy atom. The number of nitrogens with one attached hydrogen (secondary N) is 2. The van der Waals surface area contributed by atoms with Gasteiger partial charge in [0.2, 0.25) is 5.91 Å². The Balaban J connectivity index is 0.00000338. The van der Waals surface area contributed by atoms with E-state index in [0.29, 0.717) is 18.4 Å². The number of halogens is 1. The van der Waals surface area contributed by atoms with Gasteiger partial charge in [-0.3, -0.25) is 15.0 Å². The Labute approximate surface area is 162 Å². The number of amides is 3. The standard InChI is InChI=1S/C19H30N4O2.ClH/c1-13(17(24)21-18(25)22-19(2,3)4)23-11-15(10-20)16(12-23)14-8-6-5-7-9-14;/h5-9,13,15-16H,10-12,20H2,1-4H3,(H2,21,22,24,25);1H/t13?,15-,16+;/m1./s1. The highest BCUT2D eigenvalue weighted by Gasteiger charge is 2.37. The van der Waals surface area contributed by atoms with Crippen LogP contribution in [0.1, 0.15) is 39.2 Å². The molecule has 2 rings (SSSR count). The molecule has 3 amide bonds. The van der Waals surface area contributed by atoms with Gasteiger partial charge < -0.3 is 11.1 Å². The van der Waals surface area contributed by atoms with Gasteiger partial charge in [-0.15, -0.1) is 12.4 Å². The predicted molar refractivity (Wildman–Crippen MR) is 106 cm³/mol. The first-order valence-electron chi connectivity index (χ1n) is 8.83. The van der Waals surface area contributed by atoms with E-state index in [-0.39, 0.29) is 29.9 Å². The molecule has 26 heavy (non-hydrogen) atoms. The van der Waals surface area contributed by atoms with Crippen LogP contribution in [0.15, 0.2) is 30.3 Å². The number of urea groups is 1. The summed E-state index contributed by atoms with van der Waals surface area (Å²) in [7, 11) is 0. The van der Waals surface area contributed by atoms with Crippen LogP contribution < -0.4 is 16.4 Å². The van der Waals surface area contributed by atoms with Crippen LogP contribution in [0, 0.1) is 5.92 Å². The average molecular weight is 383 g/mol. The molecule has 1 aromatic carbocycles. The van der Waals surface area contributed by atoms with Gasteiger partial charge in [0.05, 0.1) is 6.04 Å². The number of rotatable bonds is 4. The lowest BCUT2D eigenvalue weighted by Crippen LogP contribution is -2.52. The second-order valence-electron chi connectivity index (χ2n) is 7.84. The molecule has 1 aromatic rings. The summed E-state index contributed by atoms with van der Waals surface area (Å²) in [6, 6.07) is 9.43. The van der Waals surface area contributed by atoms with Gasteiger partial charge in [0.1, 0.15) is 0 Å². The molecule has 0 saturated carbocycles. The van der Waals surface area contributed by atoms with Crippen molar-refractivity contribution in [1.82, 2.24) is 15.5 Å². The number of hydrogen-bond acceptors (Lipinski definition) is 4. The molecule has 1 unspecified atom stereocenters. The Morgan fingerprint density at radius 2 is 1.85 bits per heavy atom. The van der Waals surface area contributed by atoms with Crippen molar-refractivity contribution in [3.8, 4) is 0 Å². The zero-order valence-corrected chi connectivity index (χ0v) is 16.8. The van der Waals surface area contributed by atoms with Crippen LogP contribution in [0.25, 0.3) is 0 Å². The summed E-state index contributed by atoms with van der Waals surface area (Å²) in [6.07, 6.45) is 0. The van der Waals surface area contributed by atoms with Gasteiger partial charge in [0.15, 0.2) is 0 Å². The summed E-state index contributed by atoms with van der Waals surface area (Å²) in [5, 5.41) is 5.18. The van der Waals surface area contributed by atoms with Crippen LogP contribution in [-0.2, 0) is 4.79 Å². The second-order valence-corrected chi connectivity index (χ2v) is 7.84. The van der Waals surface area contributed by atoms with E-state index in [1.807, 2.05) is 45.9 Å². The van der Waals surface area contributed by atoms with Crippen LogP contribution in [-0.4, -0.2) is 48.1 Å². The minimum absolute atomic E-state index is 0. The number of carbonyl (C=O) groups excluding carboxylic acids is 2. The number of nitrogens with zero attached hydrogens (tertiary/aromatic N) is 1. The fraction of sp³-hybridized carbons (Fsp3) is 0.579. The van der Waals surface area contributed by atoms with E-state index in [2.05, 4.69) is 27.7 Å². The molecular weight excluding hydrogens is 352 g/mol. The number of nitrogens with two attached hydrogens (primary N) is 1. The lowest BCUT2D eigenvalue weighted by Gasteiger charge is -2.25. The molecule has 1 aliphatic rings. The monoisotopic (exact) mass is 382 g/mol. The first kappa shape index (κ1) is 22.4. The minimum Gasteiger partial charge on any atom is -0.333 e. The van der Waals surface area contributed by atoms with Crippen molar-refractivity contribution >= 4 is 24.3 Å². The van der Waals surface area contributed by atoms with E-state index in [9.17, 15) is 9.59 Å². The predicted octanol–water partition coefficient (Wildman–Crippen LogP) is 2.10. The zero-order chi connectivity index (χ0) is 18.6. The van der Waals surface area contributed by atoms with Gasteiger partial charge in [-0.2, -0.15) is 0 Å². The maximum atomic E-state index is 12.4. The Morgan fingerprint density at radius 3 is 2.38 bits per heavy atom. The van der Waals surface area contributed by atoms with E-state index in [4.69, 9.17) is 5.73 Å². The molecule has 0 radical (unpaired) electrons. The summed E-state index contributed by atoms with van der Waals surface area (Å²) in [6.45, 7) is 9.55. The van der Waals surface area contributed by atoms with Crippen molar-refractivity contribution in [3.63, 3.8) is 0 Å². The molecule has 1 heterocycles. The molecule has 4 N–H and O–H groups in total. The van der Waals surface area contributed by atoms with E-state index >= 15 is 0 Å². The fourth-order valence-corrected chi connectivity index (χ4v) is 3.29. The van der Waals surface area contributed by atoms with Gasteiger partial charge in [0.25, 0.3) is 0 Å². The van der Waals surface area contributed by atoms with Gasteiger partial charge >= 0.3 is 6.03 Å². The Hall–Kier alpha value is -1.63. The SMILES string of the molecule is CC(C(=O)NC(=O)NC(C)(C)C)N1C[C@@H](CN)[C@H](c2ccccc2)C1.Cl. The topological polar surface area (TPSA) is 87.5 Å². The summed E-state index contributed by atoms with van der Waals surface area (Å²) in [4.78, 5) is 26.4. The highest BCUT2D eigenvalue weighted by molar-refractivity contribution is 5.97. The second kappa shape index (κ2) is 9.35. The first-order valence-corrected chi connectivity index (χ1v) is 8.83. The van der Waals surface area contributed by atoms with E-state index < -0.39 is 6.03 Å². The maximum Gasteiger partial charge on any atom is 0.321 e. The van der Waals surface area contributed by atoms with Gasteiger partial charge in [-0.05, 0) is 45.7 Å². The molecule has 0 bridgehead atoms. The van der Waals surface area contributed by atoms with Crippen LogP contribution in [0.3, 0.4) is 0 Å². The molecule has 0 spiro atoms. The largest absolute Gasteiger partial charge is 0.333 e. The van der Waals surface area contributed by atoms with Crippen molar-refractivity contribution in [2.75, 3.05) is 19.6 Å². The Bertz CT molecular complexity index is 603. The number of likely N-dealkylation sites (tertiary alicyclic amines) is 1. The quantitative estimate of drug-likeness (QED) is 0.744. The van der Waals surface area contributed by atoms with Crippen molar-refractivity contribution < 1.29 is 9.59 Å². The number of imide groups is 1. The molecule has 0 aliphatic carbocycles. The molecule has 6 nitrogen and oxygen atoms in total. The van der Waals surface area contributed by atoms with Gasteiger partial charge in [-0.25, -0.2) is 4.79 Å². The zero-order valence-electron chi connectivity index (χ0n) is 16.0.